The fraction of sp³-hybridized carbons (Fsp3) is 0.379. The third kappa shape index (κ3) is 7.42. The van der Waals surface area contributed by atoms with E-state index in [-0.39, 0.29) is 22.5 Å². The Morgan fingerprint density at radius 1 is 1.10 bits per heavy atom. The van der Waals surface area contributed by atoms with E-state index in [9.17, 15) is 23.1 Å². The molecule has 2 aromatic heterocycles. The smallest absolute Gasteiger partial charge is 0.416 e. The van der Waals surface area contributed by atoms with E-state index in [1.54, 1.807) is 32.9 Å². The molecule has 0 saturated heterocycles. The molecule has 2 heterocycles. The van der Waals surface area contributed by atoms with Crippen LogP contribution in [0, 0.1) is 0 Å². The van der Waals surface area contributed by atoms with Gasteiger partial charge in [0.05, 0.1) is 11.7 Å². The molecule has 212 valence electrons. The molecule has 0 radical (unpaired) electrons. The summed E-state index contributed by atoms with van der Waals surface area (Å²) in [6.07, 6.45) is 4.40. The molecule has 1 saturated carbocycles. The Morgan fingerprint density at radius 2 is 1.80 bits per heavy atom. The van der Waals surface area contributed by atoms with E-state index in [1.165, 1.54) is 36.2 Å². The van der Waals surface area contributed by atoms with Crippen molar-refractivity contribution in [3.05, 3.63) is 83.8 Å². The number of nitrogens with one attached hydrogen (secondary N) is 1. The first-order valence-corrected chi connectivity index (χ1v) is 14.5. The maximum Gasteiger partial charge on any atom is 0.416 e. The number of rotatable bonds is 10. The molecule has 0 spiro atoms. The molecule has 1 aliphatic rings. The van der Waals surface area contributed by atoms with Gasteiger partial charge in [-0.1, -0.05) is 37.3 Å². The first-order chi connectivity index (χ1) is 18.8. The Bertz CT molecular complexity index is 1470. The van der Waals surface area contributed by atoms with E-state index in [0.29, 0.717) is 5.69 Å². The number of aromatic nitrogens is 2. The molecular formula is C29H34N4O6S. The van der Waals surface area contributed by atoms with Crippen LogP contribution < -0.4 is 9.62 Å². The summed E-state index contributed by atoms with van der Waals surface area (Å²) in [5.74, 6) is -1.23. The van der Waals surface area contributed by atoms with Crippen molar-refractivity contribution in [3.63, 3.8) is 0 Å². The maximum absolute atomic E-state index is 13.3. The molecule has 11 heteroatoms. The predicted molar refractivity (Wildman–Crippen MR) is 149 cm³/mol. The minimum absolute atomic E-state index is 0.00517. The van der Waals surface area contributed by atoms with Gasteiger partial charge in [-0.2, -0.15) is 0 Å². The van der Waals surface area contributed by atoms with E-state index >= 15 is 0 Å². The van der Waals surface area contributed by atoms with Crippen molar-refractivity contribution in [2.24, 2.45) is 0 Å². The molecule has 3 aromatic rings. The number of aliphatic carboxylic acids is 1. The number of carboxylic acid groups (broad SMARTS) is 1. The fourth-order valence-electron chi connectivity index (χ4n) is 4.20. The van der Waals surface area contributed by atoms with E-state index in [1.807, 2.05) is 12.1 Å². The Balaban J connectivity index is 1.69. The summed E-state index contributed by atoms with van der Waals surface area (Å²) in [7, 11) is -3.99. The molecule has 1 aliphatic carbocycles. The van der Waals surface area contributed by atoms with Gasteiger partial charge in [-0.3, -0.25) is 14.7 Å². The highest BCUT2D eigenvalue weighted by molar-refractivity contribution is 7.89. The Kier molecular flexibility index (Phi) is 8.27. The fourth-order valence-corrected chi connectivity index (χ4v) is 5.37. The number of amides is 1. The zero-order valence-electron chi connectivity index (χ0n) is 23.0. The van der Waals surface area contributed by atoms with Crippen LogP contribution in [0.3, 0.4) is 0 Å². The summed E-state index contributed by atoms with van der Waals surface area (Å²) in [6, 6.07) is 14.9. The summed E-state index contributed by atoms with van der Waals surface area (Å²) in [6.45, 7) is 6.55. The number of ether oxygens (including phenoxy) is 1. The second-order valence-corrected chi connectivity index (χ2v) is 12.9. The molecule has 4 rings (SSSR count). The lowest BCUT2D eigenvalue weighted by molar-refractivity contribution is -0.135. The number of benzene rings is 1. The summed E-state index contributed by atoms with van der Waals surface area (Å²) >= 11 is 0. The van der Waals surface area contributed by atoms with Crippen LogP contribution in [-0.4, -0.2) is 47.7 Å². The summed E-state index contributed by atoms with van der Waals surface area (Å²) < 4.78 is 34.7. The zero-order chi connectivity index (χ0) is 29.1. The van der Waals surface area contributed by atoms with Crippen LogP contribution in [0.2, 0.25) is 0 Å². The Morgan fingerprint density at radius 3 is 2.38 bits per heavy atom. The normalized spacial score (nSPS) is 15.2. The van der Waals surface area contributed by atoms with E-state index in [4.69, 9.17) is 4.74 Å². The number of hydrogen-bond acceptors (Lipinski definition) is 7. The molecule has 2 N–H and O–H groups in total. The Labute approximate surface area is 234 Å². The zero-order valence-corrected chi connectivity index (χ0v) is 23.8. The Hall–Kier alpha value is -3.83. The van der Waals surface area contributed by atoms with Gasteiger partial charge in [0, 0.05) is 12.4 Å². The molecule has 10 nitrogen and oxygen atoms in total. The largest absolute Gasteiger partial charge is 0.480 e. The van der Waals surface area contributed by atoms with Crippen molar-refractivity contribution < 1.29 is 27.9 Å². The second-order valence-electron chi connectivity index (χ2n) is 11.2. The molecule has 1 unspecified atom stereocenters. The highest BCUT2D eigenvalue weighted by Gasteiger charge is 2.38. The number of anilines is 1. The maximum atomic E-state index is 13.3. The topological polar surface area (TPSA) is 139 Å². The average Bonchev–Trinajstić information content (AvgIpc) is 3.65. The van der Waals surface area contributed by atoms with Crippen molar-refractivity contribution in [2.75, 3.05) is 11.4 Å². The third-order valence-corrected chi connectivity index (χ3v) is 8.09. The number of hydrogen-bond donors (Lipinski definition) is 2. The van der Waals surface area contributed by atoms with Crippen LogP contribution >= 0.6 is 0 Å². The number of carboxylic acids is 1. The van der Waals surface area contributed by atoms with Gasteiger partial charge in [-0.05, 0) is 80.8 Å². The quantitative estimate of drug-likeness (QED) is 0.363. The molecule has 1 fully saturated rings. The van der Waals surface area contributed by atoms with Gasteiger partial charge in [0.15, 0.2) is 0 Å². The predicted octanol–water partition coefficient (Wildman–Crippen LogP) is 4.62. The van der Waals surface area contributed by atoms with Crippen LogP contribution in [0.5, 0.6) is 0 Å². The summed E-state index contributed by atoms with van der Waals surface area (Å²) in [4.78, 5) is 33.8. The number of nitrogens with zero attached hydrogens (tertiary/aromatic N) is 3. The first-order valence-electron chi connectivity index (χ1n) is 13.0. The van der Waals surface area contributed by atoms with Crippen LogP contribution in [0.25, 0.3) is 0 Å². The van der Waals surface area contributed by atoms with E-state index in [2.05, 4.69) is 33.7 Å². The molecule has 0 bridgehead atoms. The lowest BCUT2D eigenvalue weighted by Gasteiger charge is -2.26. The van der Waals surface area contributed by atoms with Gasteiger partial charge in [0.2, 0.25) is 10.0 Å². The molecule has 40 heavy (non-hydrogen) atoms. The average molecular weight is 567 g/mol. The van der Waals surface area contributed by atoms with Crippen molar-refractivity contribution in [3.8, 4) is 0 Å². The monoisotopic (exact) mass is 566 g/mol. The van der Waals surface area contributed by atoms with Gasteiger partial charge in [-0.15, -0.1) is 0 Å². The van der Waals surface area contributed by atoms with Crippen LogP contribution in [0.15, 0.2) is 71.9 Å². The van der Waals surface area contributed by atoms with E-state index in [0.717, 1.165) is 23.3 Å². The van der Waals surface area contributed by atoms with Gasteiger partial charge in [0.25, 0.3) is 0 Å². The molecule has 1 aromatic carbocycles. The lowest BCUT2D eigenvalue weighted by Crippen LogP contribution is -2.40. The van der Waals surface area contributed by atoms with Crippen molar-refractivity contribution >= 4 is 27.9 Å². The number of carbonyl (C=O) groups excluding carboxylic acids is 1. The minimum Gasteiger partial charge on any atom is -0.480 e. The van der Waals surface area contributed by atoms with Crippen molar-refractivity contribution in [1.29, 1.82) is 0 Å². The van der Waals surface area contributed by atoms with Crippen molar-refractivity contribution in [2.45, 2.75) is 68.9 Å². The highest BCUT2D eigenvalue weighted by atomic mass is 32.2. The van der Waals surface area contributed by atoms with Crippen molar-refractivity contribution in [1.82, 2.24) is 14.7 Å². The number of sulfonamides is 1. The number of pyridine rings is 2. The first kappa shape index (κ1) is 29.2. The van der Waals surface area contributed by atoms with Gasteiger partial charge in [0.1, 0.15) is 22.9 Å². The van der Waals surface area contributed by atoms with Crippen LogP contribution in [0.1, 0.15) is 63.4 Å². The van der Waals surface area contributed by atoms with Gasteiger partial charge >= 0.3 is 12.1 Å². The molecular weight excluding hydrogens is 532 g/mol. The molecule has 0 aliphatic heterocycles. The van der Waals surface area contributed by atoms with Gasteiger partial charge < -0.3 is 9.84 Å². The van der Waals surface area contributed by atoms with Crippen LogP contribution in [0.4, 0.5) is 10.6 Å². The molecule has 1 amide bonds. The standard InChI is InChI=1S/C29H34N4O6S/c1-28(2,3)39-27(36)33(19-26(34)35)25-9-5-8-23(31-25)24(32-40(37,38)22-7-6-16-30-18-22)17-20-10-12-21(13-11-20)29(4)14-15-29/h5-13,16,18,24,32H,14-15,17,19H2,1-4H3,(H,34,35). The summed E-state index contributed by atoms with van der Waals surface area (Å²) in [5, 5.41) is 9.45. The van der Waals surface area contributed by atoms with Crippen LogP contribution in [-0.2, 0) is 31.4 Å². The van der Waals surface area contributed by atoms with E-state index < -0.39 is 40.3 Å². The SMILES string of the molecule is CC(C)(C)OC(=O)N(CC(=O)O)c1cccc(C(Cc2ccc(C3(C)CC3)cc2)NS(=O)(=O)c2cccnc2)n1. The highest BCUT2D eigenvalue weighted by Crippen LogP contribution is 2.47. The number of carbonyl (C=O) groups is 2. The minimum atomic E-state index is -3.99. The third-order valence-electron chi connectivity index (χ3n) is 6.63. The summed E-state index contributed by atoms with van der Waals surface area (Å²) in [5.41, 5.74) is 1.77. The van der Waals surface area contributed by atoms with Gasteiger partial charge in [-0.25, -0.2) is 22.9 Å². The molecule has 1 atom stereocenters. The lowest BCUT2D eigenvalue weighted by atomic mass is 9.95. The second kappa shape index (κ2) is 11.3.